The third-order valence-electron chi connectivity index (χ3n) is 14.8. The number of imide groups is 1. The number of anilines is 1. The largest absolute Gasteiger partial charge is 0.509 e. The summed E-state index contributed by atoms with van der Waals surface area (Å²) in [5.41, 5.74) is 8.96. The summed E-state index contributed by atoms with van der Waals surface area (Å²) in [6.45, 7) is 6.99. The molecule has 3 atom stereocenters. The van der Waals surface area contributed by atoms with Crippen LogP contribution in [0.3, 0.4) is 0 Å². The number of unbranched alkanes of at least 4 members (excludes halogenated alkanes) is 2. The zero-order valence-corrected chi connectivity index (χ0v) is 47.0. The predicted molar refractivity (Wildman–Crippen MR) is 296 cm³/mol. The van der Waals surface area contributed by atoms with E-state index in [1.807, 2.05) is 16.7 Å². The van der Waals surface area contributed by atoms with Gasteiger partial charge in [0.1, 0.15) is 36.5 Å². The van der Waals surface area contributed by atoms with Crippen molar-refractivity contribution in [1.29, 1.82) is 0 Å². The second kappa shape index (κ2) is 26.4. The summed E-state index contributed by atoms with van der Waals surface area (Å²) in [5.74, 6) is -2.74. The highest BCUT2D eigenvalue weighted by Crippen LogP contribution is 2.46. The highest BCUT2D eigenvalue weighted by Gasteiger charge is 2.47. The fourth-order valence-corrected chi connectivity index (χ4v) is 11.0. The average Bonchev–Trinajstić information content (AvgIpc) is 4.15. The van der Waals surface area contributed by atoms with Crippen LogP contribution in [0.1, 0.15) is 120 Å². The molecule has 4 aliphatic rings. The van der Waals surface area contributed by atoms with Crippen molar-refractivity contribution >= 4 is 88.2 Å². The SMILES string of the molecule is CC[C@@]1(OC(C)=O)C(=O)CCc2c1cc1n(c2=S)Cc2c-1nc1cc3c(cc1c2CNC(=O)COC(=O)OCc1ccc(NC(=O)[C@H](CCCNC(N)=O)NC(=O)[C@@H](NC(=O)CCCCCN2C(=O)CCC2=O)C(C)C)cc1)OCCO3. The van der Waals surface area contributed by atoms with E-state index in [0.717, 1.165) is 11.1 Å². The lowest BCUT2D eigenvalue weighted by molar-refractivity contribution is -0.168. The number of likely N-dealkylation sites (tertiary alicyclic amines) is 1. The zero-order chi connectivity index (χ0) is 58.8. The number of ether oxygens (including phenoxy) is 5. The van der Waals surface area contributed by atoms with E-state index >= 15 is 0 Å². The molecule has 7 N–H and O–H groups in total. The van der Waals surface area contributed by atoms with Gasteiger partial charge in [-0.25, -0.2) is 14.6 Å². The Morgan fingerprint density at radius 2 is 1.55 bits per heavy atom. The van der Waals surface area contributed by atoms with Crippen LogP contribution in [-0.2, 0) is 84.3 Å². The molecular formula is C57H67N9O15S. The van der Waals surface area contributed by atoms with Crippen LogP contribution < -0.4 is 41.8 Å². The van der Waals surface area contributed by atoms with Crippen molar-refractivity contribution in [3.8, 4) is 22.9 Å². The Kier molecular flexibility index (Phi) is 19.2. The van der Waals surface area contributed by atoms with Gasteiger partial charge in [0.2, 0.25) is 29.5 Å². The van der Waals surface area contributed by atoms with Crippen LogP contribution in [0.5, 0.6) is 11.5 Å². The molecule has 1 saturated heterocycles. The Hall–Kier alpha value is -8.48. The Balaban J connectivity index is 0.853. The van der Waals surface area contributed by atoms with Crippen LogP contribution in [0.4, 0.5) is 15.3 Å². The molecule has 8 rings (SSSR count). The van der Waals surface area contributed by atoms with Gasteiger partial charge in [-0.1, -0.05) is 51.5 Å². The van der Waals surface area contributed by atoms with Crippen molar-refractivity contribution < 1.29 is 71.6 Å². The van der Waals surface area contributed by atoms with Crippen molar-refractivity contribution in [2.45, 2.75) is 136 Å². The van der Waals surface area contributed by atoms with Gasteiger partial charge in [-0.3, -0.25) is 43.3 Å². The molecule has 0 radical (unpaired) electrons. The number of ketones is 1. The predicted octanol–water partition coefficient (Wildman–Crippen LogP) is 4.94. The lowest BCUT2D eigenvalue weighted by Crippen LogP contribution is -2.54. The van der Waals surface area contributed by atoms with E-state index in [4.69, 9.17) is 46.6 Å². The molecule has 0 saturated carbocycles. The van der Waals surface area contributed by atoms with Gasteiger partial charge < -0.3 is 60.6 Å². The lowest BCUT2D eigenvalue weighted by Gasteiger charge is -2.36. The minimum atomic E-state index is -1.51. The maximum absolute atomic E-state index is 13.7. The number of benzene rings is 2. The van der Waals surface area contributed by atoms with Crippen molar-refractivity contribution in [1.82, 2.24) is 35.7 Å². The van der Waals surface area contributed by atoms with Gasteiger partial charge in [0.15, 0.2) is 29.5 Å². The number of hydrogen-bond acceptors (Lipinski definition) is 17. The summed E-state index contributed by atoms with van der Waals surface area (Å²) in [7, 11) is 0. The molecule has 0 spiro atoms. The molecular weight excluding hydrogens is 1080 g/mol. The minimum absolute atomic E-state index is 0.0259. The van der Waals surface area contributed by atoms with Gasteiger partial charge in [0, 0.05) is 80.5 Å². The molecule has 0 bridgehead atoms. The second-order valence-corrected chi connectivity index (χ2v) is 21.2. The molecule has 24 nitrogen and oxygen atoms in total. The molecule has 2 aromatic carbocycles. The Morgan fingerprint density at radius 1 is 0.829 bits per heavy atom. The number of carbonyl (C=O) groups excluding carboxylic acids is 10. The number of Topliss-reactive ketones (excluding diaryl/α,β-unsaturated/α-hetero) is 1. The number of nitrogens with one attached hydrogen (secondary N) is 5. The number of aromatic nitrogens is 2. The van der Waals surface area contributed by atoms with E-state index in [2.05, 4.69) is 26.6 Å². The van der Waals surface area contributed by atoms with Crippen LogP contribution in [-0.4, -0.2) is 119 Å². The van der Waals surface area contributed by atoms with Crippen molar-refractivity contribution in [3.05, 3.63) is 74.9 Å². The molecule has 4 aromatic rings. The fraction of sp³-hybridized carbons (Fsp3) is 0.474. The number of nitrogens with zero attached hydrogens (tertiary/aromatic N) is 3. The summed E-state index contributed by atoms with van der Waals surface area (Å²) in [6, 6.07) is 8.84. The summed E-state index contributed by atoms with van der Waals surface area (Å²) in [4.78, 5) is 134. The topological polar surface area (TPSA) is 324 Å². The summed E-state index contributed by atoms with van der Waals surface area (Å²) in [6.07, 6.45) is 2.12. The number of rotatable bonds is 24. The molecule has 3 aliphatic heterocycles. The minimum Gasteiger partial charge on any atom is -0.486 e. The molecule has 1 aliphatic carbocycles. The standard InChI is InChI=1S/C57H67N9O15S/c1-5-57(81-32(4)67)39-25-42-51-38(28-66(42)54(82)35(39)16-17-45(57)68)37(36-24-43-44(26-41(36)62-51)78-23-22-77-43)27-60-47(70)30-80-56(76)79-29-33-12-14-34(15-13-33)61-52(73)40(10-9-20-59-55(58)75)63-53(74)50(31(2)3)64-46(69)11-7-6-8-21-65-48(71)18-19-49(65)72/h12-15,24-26,31,40,50H,5-11,16-23,27-30H2,1-4H3,(H,60,70)(H,61,73)(H,63,74)(H,64,69)(H3,58,59,75)/t40-,50-,57-/m0/s1. The number of fused-ring (bicyclic) bond motifs is 6. The summed E-state index contributed by atoms with van der Waals surface area (Å²) < 4.78 is 30.5. The highest BCUT2D eigenvalue weighted by atomic mass is 32.1. The molecule has 2 aromatic heterocycles. The third-order valence-corrected chi connectivity index (χ3v) is 15.3. The molecule has 8 amide bonds. The van der Waals surface area contributed by atoms with Gasteiger partial charge in [0.05, 0.1) is 23.4 Å². The van der Waals surface area contributed by atoms with Crippen molar-refractivity contribution in [2.24, 2.45) is 11.7 Å². The Labute approximate surface area is 477 Å². The van der Waals surface area contributed by atoms with Crippen molar-refractivity contribution in [2.75, 3.05) is 38.2 Å². The molecule has 436 valence electrons. The van der Waals surface area contributed by atoms with E-state index < -0.39 is 60.2 Å². The summed E-state index contributed by atoms with van der Waals surface area (Å²) >= 11 is 6.07. The van der Waals surface area contributed by atoms with Crippen LogP contribution in [0.2, 0.25) is 0 Å². The highest BCUT2D eigenvalue weighted by molar-refractivity contribution is 7.71. The van der Waals surface area contributed by atoms with Crippen LogP contribution >= 0.6 is 12.2 Å². The van der Waals surface area contributed by atoms with Gasteiger partial charge in [-0.15, -0.1) is 0 Å². The van der Waals surface area contributed by atoms with E-state index in [-0.39, 0.29) is 101 Å². The Morgan fingerprint density at radius 3 is 2.23 bits per heavy atom. The molecule has 25 heteroatoms. The third kappa shape index (κ3) is 13.8. The smallest absolute Gasteiger partial charge is 0.486 e. The quantitative estimate of drug-likeness (QED) is 0.0206. The summed E-state index contributed by atoms with van der Waals surface area (Å²) in [5, 5.41) is 14.2. The second-order valence-electron chi connectivity index (χ2n) is 20.8. The monoisotopic (exact) mass is 1150 g/mol. The number of amides is 8. The van der Waals surface area contributed by atoms with E-state index in [0.29, 0.717) is 106 Å². The molecule has 82 heavy (non-hydrogen) atoms. The number of urea groups is 1. The van der Waals surface area contributed by atoms with Gasteiger partial charge in [-0.2, -0.15) is 0 Å². The van der Waals surface area contributed by atoms with Crippen molar-refractivity contribution in [3.63, 3.8) is 0 Å². The number of nitrogens with two attached hydrogens (primary N) is 1. The Bertz CT molecular complexity index is 3260. The fourth-order valence-electron chi connectivity index (χ4n) is 10.6. The lowest BCUT2D eigenvalue weighted by atomic mass is 9.76. The van der Waals surface area contributed by atoms with Crippen LogP contribution in [0.15, 0.2) is 42.5 Å². The van der Waals surface area contributed by atoms with E-state index in [9.17, 15) is 47.9 Å². The number of carbonyl (C=O) groups is 10. The molecule has 1 fully saturated rings. The average molecular weight is 1150 g/mol. The first-order chi connectivity index (χ1) is 39.3. The van der Waals surface area contributed by atoms with Crippen LogP contribution in [0.25, 0.3) is 22.3 Å². The maximum Gasteiger partial charge on any atom is 0.509 e. The zero-order valence-electron chi connectivity index (χ0n) is 46.2. The number of hydrogen-bond donors (Lipinski definition) is 6. The molecule has 0 unspecified atom stereocenters. The van der Waals surface area contributed by atoms with Gasteiger partial charge in [-0.05, 0) is 85.4 Å². The van der Waals surface area contributed by atoms with E-state index in [1.165, 1.54) is 11.8 Å². The maximum atomic E-state index is 13.7. The first-order valence-corrected chi connectivity index (χ1v) is 27.8. The first kappa shape index (κ1) is 59.6. The normalized spacial score (nSPS) is 16.5. The number of pyridine rings is 2. The number of primary amides is 1. The number of esters is 1. The van der Waals surface area contributed by atoms with Crippen LogP contribution in [0, 0.1) is 10.6 Å². The first-order valence-electron chi connectivity index (χ1n) is 27.4. The van der Waals surface area contributed by atoms with Gasteiger partial charge >= 0.3 is 18.2 Å². The van der Waals surface area contributed by atoms with Gasteiger partial charge in [0.25, 0.3) is 5.91 Å². The van der Waals surface area contributed by atoms with E-state index in [1.54, 1.807) is 51.1 Å². The molecule has 5 heterocycles.